The van der Waals surface area contributed by atoms with E-state index in [9.17, 15) is 9.59 Å². The SMILES string of the molecule is COc1cc2c(c(OC)c1OC)-c1ccc(NC3CC3)c(=O)cc1[C@@H](NC(C)=O)CC2. The van der Waals surface area contributed by atoms with Crippen molar-refractivity contribution in [3.8, 4) is 28.4 Å². The highest BCUT2D eigenvalue weighted by Crippen LogP contribution is 2.50. The standard InChI is InChI=1S/C24H28N2O5/c1-13(27)25-18-9-5-14-11-21(29-2)23(30-3)24(31-4)22(14)16-8-10-19(26-15-6-7-15)20(28)12-17(16)18/h8,10-12,15,18H,5-7,9H2,1-4H3,(H,25,27)(H,26,28)/t18-/m0/s1. The molecule has 0 aromatic heterocycles. The number of anilines is 1. The maximum atomic E-state index is 13.0. The van der Waals surface area contributed by atoms with Crippen LogP contribution in [0.15, 0.2) is 29.1 Å². The van der Waals surface area contributed by atoms with Gasteiger partial charge in [-0.25, -0.2) is 0 Å². The van der Waals surface area contributed by atoms with Crippen LogP contribution in [0.4, 0.5) is 5.69 Å². The van der Waals surface area contributed by atoms with Gasteiger partial charge in [0.15, 0.2) is 11.5 Å². The Morgan fingerprint density at radius 2 is 1.74 bits per heavy atom. The smallest absolute Gasteiger partial charge is 0.217 e. The van der Waals surface area contributed by atoms with Crippen molar-refractivity contribution in [1.82, 2.24) is 5.32 Å². The molecule has 2 aromatic rings. The van der Waals surface area contributed by atoms with E-state index in [1.54, 1.807) is 27.4 Å². The molecule has 1 atom stereocenters. The van der Waals surface area contributed by atoms with Gasteiger partial charge in [0.2, 0.25) is 17.1 Å². The van der Waals surface area contributed by atoms with Gasteiger partial charge in [0, 0.05) is 18.5 Å². The maximum Gasteiger partial charge on any atom is 0.217 e. The van der Waals surface area contributed by atoms with E-state index in [1.807, 2.05) is 18.2 Å². The molecular formula is C24H28N2O5. The quantitative estimate of drug-likeness (QED) is 0.739. The first-order chi connectivity index (χ1) is 15.0. The van der Waals surface area contributed by atoms with Crippen LogP contribution in [0, 0.1) is 0 Å². The third-order valence-corrected chi connectivity index (χ3v) is 5.85. The van der Waals surface area contributed by atoms with Crippen molar-refractivity contribution in [1.29, 1.82) is 0 Å². The Kier molecular flexibility index (Phi) is 5.76. The average Bonchev–Trinajstić information content (AvgIpc) is 3.59. The van der Waals surface area contributed by atoms with Crippen molar-refractivity contribution in [3.63, 3.8) is 0 Å². The Labute approximate surface area is 181 Å². The van der Waals surface area contributed by atoms with Gasteiger partial charge in [0.25, 0.3) is 0 Å². The topological polar surface area (TPSA) is 85.9 Å². The lowest BCUT2D eigenvalue weighted by Crippen LogP contribution is -2.26. The van der Waals surface area contributed by atoms with Gasteiger partial charge in [-0.1, -0.05) is 6.07 Å². The monoisotopic (exact) mass is 424 g/mol. The highest BCUT2D eigenvalue weighted by Gasteiger charge is 2.30. The Morgan fingerprint density at radius 1 is 1.00 bits per heavy atom. The van der Waals surface area contributed by atoms with Crippen LogP contribution in [-0.2, 0) is 11.2 Å². The summed E-state index contributed by atoms with van der Waals surface area (Å²) >= 11 is 0. The van der Waals surface area contributed by atoms with E-state index in [1.165, 1.54) is 6.92 Å². The minimum Gasteiger partial charge on any atom is -0.493 e. The normalized spacial score (nSPS) is 17.0. The van der Waals surface area contributed by atoms with Crippen molar-refractivity contribution in [2.24, 2.45) is 0 Å². The minimum absolute atomic E-state index is 0.0913. The van der Waals surface area contributed by atoms with Gasteiger partial charge < -0.3 is 24.8 Å². The summed E-state index contributed by atoms with van der Waals surface area (Å²) in [5.74, 6) is 1.49. The first-order valence-corrected chi connectivity index (χ1v) is 10.5. The van der Waals surface area contributed by atoms with Crippen molar-refractivity contribution in [3.05, 3.63) is 45.6 Å². The van der Waals surface area contributed by atoms with E-state index in [0.717, 1.165) is 35.1 Å². The summed E-state index contributed by atoms with van der Waals surface area (Å²) in [4.78, 5) is 25.0. The summed E-state index contributed by atoms with van der Waals surface area (Å²) in [6, 6.07) is 7.42. The Hall–Kier alpha value is -3.22. The third kappa shape index (κ3) is 4.04. The summed E-state index contributed by atoms with van der Waals surface area (Å²) in [6.45, 7) is 1.49. The molecule has 2 aliphatic rings. The number of ether oxygens (including phenoxy) is 3. The van der Waals surface area contributed by atoms with E-state index in [-0.39, 0.29) is 17.4 Å². The molecule has 0 saturated heterocycles. The van der Waals surface area contributed by atoms with Crippen LogP contribution in [0.1, 0.15) is 43.4 Å². The van der Waals surface area contributed by atoms with Gasteiger partial charge in [-0.15, -0.1) is 0 Å². The lowest BCUT2D eigenvalue weighted by molar-refractivity contribution is -0.119. The van der Waals surface area contributed by atoms with E-state index in [0.29, 0.717) is 41.8 Å². The zero-order valence-electron chi connectivity index (χ0n) is 18.3. The predicted octanol–water partition coefficient (Wildman–Crippen LogP) is 3.44. The number of fused-ring (bicyclic) bond motifs is 3. The third-order valence-electron chi connectivity index (χ3n) is 5.85. The molecule has 0 bridgehead atoms. The van der Waals surface area contributed by atoms with Crippen LogP contribution in [0.3, 0.4) is 0 Å². The second-order valence-electron chi connectivity index (χ2n) is 8.01. The van der Waals surface area contributed by atoms with Crippen LogP contribution < -0.4 is 30.3 Å². The molecule has 0 unspecified atom stereocenters. The number of carbonyl (C=O) groups is 1. The number of hydrogen-bond acceptors (Lipinski definition) is 6. The molecule has 7 nitrogen and oxygen atoms in total. The number of rotatable bonds is 6. The minimum atomic E-state index is -0.296. The lowest BCUT2D eigenvalue weighted by atomic mass is 9.95. The zero-order chi connectivity index (χ0) is 22.1. The molecule has 164 valence electrons. The highest BCUT2D eigenvalue weighted by molar-refractivity contribution is 5.83. The molecule has 0 aliphatic heterocycles. The molecule has 2 aliphatic carbocycles. The molecule has 1 amide bonds. The van der Waals surface area contributed by atoms with E-state index < -0.39 is 0 Å². The molecule has 1 saturated carbocycles. The summed E-state index contributed by atoms with van der Waals surface area (Å²) in [7, 11) is 4.76. The van der Waals surface area contributed by atoms with Gasteiger partial charge in [-0.05, 0) is 60.6 Å². The van der Waals surface area contributed by atoms with Crippen molar-refractivity contribution < 1.29 is 19.0 Å². The second kappa shape index (κ2) is 8.49. The molecule has 0 radical (unpaired) electrons. The number of carbonyl (C=O) groups excluding carboxylic acids is 1. The fourth-order valence-electron chi connectivity index (χ4n) is 4.27. The molecule has 0 heterocycles. The van der Waals surface area contributed by atoms with E-state index >= 15 is 0 Å². The van der Waals surface area contributed by atoms with Crippen molar-refractivity contribution in [2.75, 3.05) is 26.6 Å². The molecule has 7 heteroatoms. The predicted molar refractivity (Wildman–Crippen MR) is 119 cm³/mol. The number of aryl methyl sites for hydroxylation is 1. The largest absolute Gasteiger partial charge is 0.493 e. The van der Waals surface area contributed by atoms with E-state index in [2.05, 4.69) is 10.6 Å². The number of benzene rings is 1. The van der Waals surface area contributed by atoms with Crippen molar-refractivity contribution >= 4 is 11.6 Å². The summed E-state index contributed by atoms with van der Waals surface area (Å²) < 4.78 is 16.9. The van der Waals surface area contributed by atoms with Crippen LogP contribution >= 0.6 is 0 Å². The molecule has 0 spiro atoms. The summed E-state index contributed by atoms with van der Waals surface area (Å²) in [5.41, 5.74) is 3.96. The first kappa shape index (κ1) is 21.0. The Bertz CT molecular complexity index is 1080. The first-order valence-electron chi connectivity index (χ1n) is 10.5. The molecule has 31 heavy (non-hydrogen) atoms. The van der Waals surface area contributed by atoms with Gasteiger partial charge in [-0.3, -0.25) is 9.59 Å². The highest BCUT2D eigenvalue weighted by atomic mass is 16.5. The average molecular weight is 424 g/mol. The second-order valence-corrected chi connectivity index (χ2v) is 8.01. The number of methoxy groups -OCH3 is 3. The molecular weight excluding hydrogens is 396 g/mol. The number of amides is 1. The maximum absolute atomic E-state index is 13.0. The zero-order valence-corrected chi connectivity index (χ0v) is 18.3. The number of hydrogen-bond donors (Lipinski definition) is 2. The fraction of sp³-hybridized carbons (Fsp3) is 0.417. The number of nitrogens with one attached hydrogen (secondary N) is 2. The van der Waals surface area contributed by atoms with Crippen LogP contribution in [0.5, 0.6) is 17.2 Å². The Morgan fingerprint density at radius 3 is 2.35 bits per heavy atom. The lowest BCUT2D eigenvalue weighted by Gasteiger charge is -2.19. The van der Waals surface area contributed by atoms with E-state index in [4.69, 9.17) is 14.2 Å². The Balaban J connectivity index is 2.00. The van der Waals surface area contributed by atoms with Crippen LogP contribution in [-0.4, -0.2) is 33.3 Å². The molecule has 1 fully saturated rings. The van der Waals surface area contributed by atoms with Gasteiger partial charge >= 0.3 is 0 Å². The van der Waals surface area contributed by atoms with Gasteiger partial charge in [-0.2, -0.15) is 0 Å². The molecule has 4 rings (SSSR count). The molecule has 2 aromatic carbocycles. The van der Waals surface area contributed by atoms with Crippen molar-refractivity contribution in [2.45, 2.75) is 44.7 Å². The summed E-state index contributed by atoms with van der Waals surface area (Å²) in [5, 5.41) is 6.34. The summed E-state index contributed by atoms with van der Waals surface area (Å²) in [6.07, 6.45) is 3.46. The van der Waals surface area contributed by atoms with Gasteiger partial charge in [0.1, 0.15) is 0 Å². The van der Waals surface area contributed by atoms with Crippen LogP contribution in [0.2, 0.25) is 0 Å². The fourth-order valence-corrected chi connectivity index (χ4v) is 4.27. The van der Waals surface area contributed by atoms with Crippen LogP contribution in [0.25, 0.3) is 11.1 Å². The molecule has 2 N–H and O–H groups in total. The van der Waals surface area contributed by atoms with Gasteiger partial charge in [0.05, 0.1) is 33.1 Å².